The molecule has 0 aliphatic rings. The second kappa shape index (κ2) is 6.15. The van der Waals surface area contributed by atoms with Crippen LogP contribution >= 0.6 is 50.7 Å². The maximum Gasteiger partial charge on any atom is 0.124 e. The molecule has 0 radical (unpaired) electrons. The van der Waals surface area contributed by atoms with Gasteiger partial charge in [0.15, 0.2) is 0 Å². The van der Waals surface area contributed by atoms with E-state index in [1.807, 2.05) is 18.2 Å². The lowest BCUT2D eigenvalue weighted by atomic mass is 10.1. The number of anilines is 2. The van der Waals surface area contributed by atoms with Gasteiger partial charge in [0.2, 0.25) is 0 Å². The van der Waals surface area contributed by atoms with Gasteiger partial charge in [-0.05, 0) is 59.0 Å². The molecule has 0 heterocycles. The Morgan fingerprint density at radius 3 is 2.58 bits per heavy atom. The molecule has 0 saturated heterocycles. The molecule has 0 aliphatic heterocycles. The first-order valence-corrected chi connectivity index (χ1v) is 7.57. The minimum Gasteiger partial charge on any atom is -0.389 e. The fraction of sp³-hybridized carbons (Fsp3) is 0. The molecule has 2 aromatic carbocycles. The topological polar surface area (TPSA) is 38.0 Å². The van der Waals surface area contributed by atoms with Crippen molar-refractivity contribution in [2.45, 2.75) is 0 Å². The van der Waals surface area contributed by atoms with E-state index in [4.69, 9.17) is 18.0 Å². The number of hydrogen-bond donors (Lipinski definition) is 2. The highest BCUT2D eigenvalue weighted by atomic mass is 127. The van der Waals surface area contributed by atoms with Gasteiger partial charge in [-0.3, -0.25) is 0 Å². The third-order valence-corrected chi connectivity index (χ3v) is 4.05. The van der Waals surface area contributed by atoms with Crippen LogP contribution < -0.4 is 11.1 Å². The van der Waals surface area contributed by atoms with Crippen molar-refractivity contribution in [3.63, 3.8) is 0 Å². The predicted molar refractivity (Wildman–Crippen MR) is 92.4 cm³/mol. The Kier molecular flexibility index (Phi) is 4.75. The molecule has 2 aromatic rings. The molecule has 6 heteroatoms. The SMILES string of the molecule is NC(=S)c1ccc(Br)cc1Nc1ccc(F)cc1I. The smallest absolute Gasteiger partial charge is 0.124 e. The summed E-state index contributed by atoms with van der Waals surface area (Å²) >= 11 is 10.5. The number of halogens is 3. The molecule has 0 fully saturated rings. The van der Waals surface area contributed by atoms with Crippen LogP contribution in [0.15, 0.2) is 40.9 Å². The van der Waals surface area contributed by atoms with Gasteiger partial charge < -0.3 is 11.1 Å². The predicted octanol–water partition coefficient (Wildman–Crippen LogP) is 4.57. The number of benzene rings is 2. The van der Waals surface area contributed by atoms with Crippen LogP contribution in [0.5, 0.6) is 0 Å². The Morgan fingerprint density at radius 1 is 1.21 bits per heavy atom. The minimum atomic E-state index is -0.265. The monoisotopic (exact) mass is 450 g/mol. The van der Waals surface area contributed by atoms with Crippen molar-refractivity contribution in [1.82, 2.24) is 0 Å². The van der Waals surface area contributed by atoms with E-state index >= 15 is 0 Å². The summed E-state index contributed by atoms with van der Waals surface area (Å²) in [6, 6.07) is 10.1. The van der Waals surface area contributed by atoms with Crippen LogP contribution in [-0.2, 0) is 0 Å². The summed E-state index contributed by atoms with van der Waals surface area (Å²) in [7, 11) is 0. The van der Waals surface area contributed by atoms with Gasteiger partial charge in [-0.25, -0.2) is 4.39 Å². The van der Waals surface area contributed by atoms with E-state index in [2.05, 4.69) is 43.8 Å². The van der Waals surface area contributed by atoms with Gasteiger partial charge in [0.25, 0.3) is 0 Å². The van der Waals surface area contributed by atoms with Gasteiger partial charge in [0.05, 0.1) is 5.69 Å². The van der Waals surface area contributed by atoms with Gasteiger partial charge in [0, 0.05) is 19.3 Å². The first-order chi connectivity index (χ1) is 8.97. The number of thiocarbonyl (C=S) groups is 1. The second-order valence-corrected chi connectivity index (χ2v) is 6.32. The van der Waals surface area contributed by atoms with Gasteiger partial charge in [-0.15, -0.1) is 0 Å². The summed E-state index contributed by atoms with van der Waals surface area (Å²) in [6.07, 6.45) is 0. The molecule has 0 bridgehead atoms. The van der Waals surface area contributed by atoms with Crippen LogP contribution in [-0.4, -0.2) is 4.99 Å². The number of nitrogens with two attached hydrogens (primary N) is 1. The normalized spacial score (nSPS) is 10.3. The van der Waals surface area contributed by atoms with E-state index in [0.29, 0.717) is 4.99 Å². The van der Waals surface area contributed by atoms with Gasteiger partial charge in [0.1, 0.15) is 10.8 Å². The minimum absolute atomic E-state index is 0.265. The Balaban J connectivity index is 2.42. The molecule has 0 aromatic heterocycles. The highest BCUT2D eigenvalue weighted by molar-refractivity contribution is 14.1. The van der Waals surface area contributed by atoms with Gasteiger partial charge >= 0.3 is 0 Å². The summed E-state index contributed by atoms with van der Waals surface area (Å²) in [5, 5.41) is 3.22. The fourth-order valence-electron chi connectivity index (χ4n) is 1.57. The number of hydrogen-bond acceptors (Lipinski definition) is 2. The van der Waals surface area contributed by atoms with Crippen LogP contribution in [0.25, 0.3) is 0 Å². The zero-order chi connectivity index (χ0) is 14.0. The average Bonchev–Trinajstić information content (AvgIpc) is 2.32. The summed E-state index contributed by atoms with van der Waals surface area (Å²) in [5.74, 6) is -0.265. The van der Waals surface area contributed by atoms with Crippen molar-refractivity contribution in [2.24, 2.45) is 5.73 Å². The van der Waals surface area contributed by atoms with Crippen molar-refractivity contribution in [2.75, 3.05) is 5.32 Å². The lowest BCUT2D eigenvalue weighted by molar-refractivity contribution is 0.627. The van der Waals surface area contributed by atoms with E-state index < -0.39 is 0 Å². The molecule has 0 aliphatic carbocycles. The molecule has 0 saturated carbocycles. The first-order valence-electron chi connectivity index (χ1n) is 5.29. The molecule has 19 heavy (non-hydrogen) atoms. The summed E-state index contributed by atoms with van der Waals surface area (Å²) in [5.41, 5.74) is 8.03. The van der Waals surface area contributed by atoms with Crippen LogP contribution in [0.2, 0.25) is 0 Å². The van der Waals surface area contributed by atoms with Crippen LogP contribution in [0.4, 0.5) is 15.8 Å². The largest absolute Gasteiger partial charge is 0.389 e. The molecular weight excluding hydrogens is 442 g/mol. The van der Waals surface area contributed by atoms with Crippen molar-refractivity contribution in [3.8, 4) is 0 Å². The molecule has 0 atom stereocenters. The summed E-state index contributed by atoms with van der Waals surface area (Å²) in [6.45, 7) is 0. The van der Waals surface area contributed by atoms with Gasteiger partial charge in [-0.1, -0.05) is 28.1 Å². The van der Waals surface area contributed by atoms with E-state index in [1.54, 1.807) is 6.07 Å². The molecule has 0 amide bonds. The lowest BCUT2D eigenvalue weighted by Gasteiger charge is -2.13. The van der Waals surface area contributed by atoms with Crippen LogP contribution in [0, 0.1) is 9.39 Å². The fourth-order valence-corrected chi connectivity index (χ4v) is 2.72. The first kappa shape index (κ1) is 14.7. The Hall–Kier alpha value is -0.730. The van der Waals surface area contributed by atoms with Crippen molar-refractivity contribution >= 4 is 67.1 Å². The van der Waals surface area contributed by atoms with Crippen molar-refractivity contribution < 1.29 is 4.39 Å². The summed E-state index contributed by atoms with van der Waals surface area (Å²) < 4.78 is 14.8. The zero-order valence-electron chi connectivity index (χ0n) is 9.58. The maximum atomic E-state index is 13.1. The Morgan fingerprint density at radius 2 is 1.95 bits per heavy atom. The number of nitrogens with one attached hydrogen (secondary N) is 1. The molecule has 3 N–H and O–H groups in total. The van der Waals surface area contributed by atoms with Crippen molar-refractivity contribution in [3.05, 3.63) is 55.8 Å². The highest BCUT2D eigenvalue weighted by Crippen LogP contribution is 2.28. The van der Waals surface area contributed by atoms with E-state index in [0.717, 1.165) is 25.0 Å². The van der Waals surface area contributed by atoms with E-state index in [9.17, 15) is 4.39 Å². The van der Waals surface area contributed by atoms with Crippen LogP contribution in [0.3, 0.4) is 0 Å². The zero-order valence-corrected chi connectivity index (χ0v) is 14.1. The van der Waals surface area contributed by atoms with Crippen molar-refractivity contribution in [1.29, 1.82) is 0 Å². The molecular formula is C13H9BrFIN2S. The summed E-state index contributed by atoms with van der Waals surface area (Å²) in [4.78, 5) is 0.312. The Labute approximate surface area is 137 Å². The molecule has 98 valence electrons. The van der Waals surface area contributed by atoms with E-state index in [-0.39, 0.29) is 5.82 Å². The molecule has 2 rings (SSSR count). The molecule has 0 unspecified atom stereocenters. The second-order valence-electron chi connectivity index (χ2n) is 3.80. The number of rotatable bonds is 3. The van der Waals surface area contributed by atoms with Crippen LogP contribution in [0.1, 0.15) is 5.56 Å². The molecule has 2 nitrogen and oxygen atoms in total. The van der Waals surface area contributed by atoms with Gasteiger partial charge in [-0.2, -0.15) is 0 Å². The van der Waals surface area contributed by atoms with E-state index in [1.165, 1.54) is 12.1 Å². The maximum absolute atomic E-state index is 13.1. The highest BCUT2D eigenvalue weighted by Gasteiger charge is 2.08. The standard InChI is InChI=1S/C13H9BrFIN2S/c14-7-1-3-9(13(17)19)12(5-7)18-11-4-2-8(15)6-10(11)16/h1-6,18H,(H2,17,19). The third kappa shape index (κ3) is 3.64. The Bertz CT molecular complexity index is 649. The quantitative estimate of drug-likeness (QED) is 0.531. The lowest BCUT2D eigenvalue weighted by Crippen LogP contribution is -2.12. The third-order valence-electron chi connectivity index (χ3n) is 2.45. The molecule has 0 spiro atoms. The average molecular weight is 451 g/mol.